The van der Waals surface area contributed by atoms with E-state index in [2.05, 4.69) is 54.3 Å². The van der Waals surface area contributed by atoms with Gasteiger partial charge in [-0.2, -0.15) is 0 Å². The van der Waals surface area contributed by atoms with Gasteiger partial charge < -0.3 is 4.43 Å². The van der Waals surface area contributed by atoms with Gasteiger partial charge in [-0.3, -0.25) is 0 Å². The molecule has 1 atom stereocenters. The van der Waals surface area contributed by atoms with Crippen LogP contribution in [0.5, 0.6) is 0 Å². The van der Waals surface area contributed by atoms with Gasteiger partial charge in [-0.15, -0.1) is 0 Å². The summed E-state index contributed by atoms with van der Waals surface area (Å²) in [5.41, 5.74) is 2.76. The molecule has 0 saturated carbocycles. The van der Waals surface area contributed by atoms with Crippen molar-refractivity contribution in [3.8, 4) is 0 Å². The van der Waals surface area contributed by atoms with Crippen molar-refractivity contribution in [1.29, 1.82) is 0 Å². The topological polar surface area (TPSA) is 9.23 Å². The molecule has 0 aromatic carbocycles. The molecule has 0 radical (unpaired) electrons. The fourth-order valence-corrected chi connectivity index (χ4v) is 3.22. The molecule has 1 rings (SSSR count). The highest BCUT2D eigenvalue weighted by atomic mass is 28.4. The fraction of sp³-hybridized carbons (Fsp3) is 0.750. The van der Waals surface area contributed by atoms with Crippen LogP contribution in [0.4, 0.5) is 0 Å². The van der Waals surface area contributed by atoms with Crippen LogP contribution in [0, 0.1) is 5.92 Å². The van der Waals surface area contributed by atoms with Crippen molar-refractivity contribution < 1.29 is 4.43 Å². The molecular weight excluding hydrogens is 236 g/mol. The van der Waals surface area contributed by atoms with E-state index in [0.717, 1.165) is 6.42 Å². The van der Waals surface area contributed by atoms with Gasteiger partial charge in [0.05, 0.1) is 5.76 Å². The van der Waals surface area contributed by atoms with Gasteiger partial charge in [-0.05, 0) is 56.3 Å². The molecule has 1 nitrogen and oxygen atoms in total. The highest BCUT2D eigenvalue weighted by Crippen LogP contribution is 2.41. The van der Waals surface area contributed by atoms with Crippen LogP contribution in [0.2, 0.25) is 18.1 Å². The van der Waals surface area contributed by atoms with Crippen LogP contribution in [0.25, 0.3) is 0 Å². The van der Waals surface area contributed by atoms with Gasteiger partial charge in [0.2, 0.25) is 8.32 Å². The predicted molar refractivity (Wildman–Crippen MR) is 83.1 cm³/mol. The van der Waals surface area contributed by atoms with Crippen molar-refractivity contribution in [2.45, 2.75) is 72.0 Å². The molecule has 18 heavy (non-hydrogen) atoms. The number of allylic oxidation sites excluding steroid dienone is 3. The average molecular weight is 267 g/mol. The molecule has 0 heterocycles. The van der Waals surface area contributed by atoms with Crippen LogP contribution >= 0.6 is 0 Å². The molecule has 0 N–H and O–H groups in total. The van der Waals surface area contributed by atoms with Gasteiger partial charge in [-0.1, -0.05) is 32.9 Å². The summed E-state index contributed by atoms with van der Waals surface area (Å²) in [5, 5.41) is 0.274. The zero-order valence-electron chi connectivity index (χ0n) is 13.3. The van der Waals surface area contributed by atoms with Gasteiger partial charge in [0.25, 0.3) is 0 Å². The number of hydrogen-bond donors (Lipinski definition) is 0. The fourth-order valence-electron chi connectivity index (χ4n) is 2.04. The zero-order valence-corrected chi connectivity index (χ0v) is 14.3. The lowest BCUT2D eigenvalue weighted by atomic mass is 9.85. The Bertz CT molecular complexity index is 358. The van der Waals surface area contributed by atoms with Crippen molar-refractivity contribution >= 4 is 8.32 Å². The number of rotatable bonds is 3. The minimum atomic E-state index is -1.69. The molecule has 0 bridgehead atoms. The molecular formula is C16H30OSi. The SMILES string of the molecule is C=C(C)[C@H]1CCC(C)=C(O[Si](C)(C)C(C)(C)C)C1. The van der Waals surface area contributed by atoms with Crippen molar-refractivity contribution in [3.05, 3.63) is 23.5 Å². The van der Waals surface area contributed by atoms with Gasteiger partial charge in [0.15, 0.2) is 0 Å². The second-order valence-electron chi connectivity index (χ2n) is 7.35. The first-order valence-corrected chi connectivity index (χ1v) is 9.98. The predicted octanol–water partition coefficient (Wildman–Crippen LogP) is 5.66. The van der Waals surface area contributed by atoms with Crippen molar-refractivity contribution in [2.75, 3.05) is 0 Å². The van der Waals surface area contributed by atoms with E-state index in [-0.39, 0.29) is 5.04 Å². The summed E-state index contributed by atoms with van der Waals surface area (Å²) in [6.45, 7) is 20.1. The molecule has 2 heteroatoms. The lowest BCUT2D eigenvalue weighted by Gasteiger charge is -2.39. The Labute approximate surface area is 114 Å². The summed E-state index contributed by atoms with van der Waals surface area (Å²) in [5.74, 6) is 1.88. The van der Waals surface area contributed by atoms with Crippen LogP contribution in [-0.2, 0) is 4.43 Å². The highest BCUT2D eigenvalue weighted by Gasteiger charge is 2.40. The number of hydrogen-bond acceptors (Lipinski definition) is 1. The van der Waals surface area contributed by atoms with Crippen LogP contribution in [-0.4, -0.2) is 8.32 Å². The maximum Gasteiger partial charge on any atom is 0.250 e. The summed E-state index contributed by atoms with van der Waals surface area (Å²) < 4.78 is 6.51. The van der Waals surface area contributed by atoms with E-state index in [1.54, 1.807) is 0 Å². The van der Waals surface area contributed by atoms with Crippen molar-refractivity contribution in [3.63, 3.8) is 0 Å². The van der Waals surface area contributed by atoms with E-state index < -0.39 is 8.32 Å². The van der Waals surface area contributed by atoms with Gasteiger partial charge in [-0.25, -0.2) is 0 Å². The maximum atomic E-state index is 6.51. The molecule has 1 aliphatic carbocycles. The molecule has 0 spiro atoms. The normalized spacial score (nSPS) is 22.1. The summed E-state index contributed by atoms with van der Waals surface area (Å²) in [6, 6.07) is 0. The molecule has 0 unspecified atom stereocenters. The second-order valence-corrected chi connectivity index (χ2v) is 12.1. The molecule has 1 aliphatic rings. The third-order valence-corrected chi connectivity index (χ3v) is 9.03. The Morgan fingerprint density at radius 3 is 2.33 bits per heavy atom. The summed E-state index contributed by atoms with van der Waals surface area (Å²) in [6.07, 6.45) is 3.47. The minimum Gasteiger partial charge on any atom is -0.547 e. The largest absolute Gasteiger partial charge is 0.547 e. The van der Waals surface area contributed by atoms with E-state index in [0.29, 0.717) is 5.92 Å². The third kappa shape index (κ3) is 3.50. The summed E-state index contributed by atoms with van der Waals surface area (Å²) in [7, 11) is -1.69. The standard InChI is InChI=1S/C16H30OSi/c1-12(2)14-10-9-13(3)15(11-14)17-18(7,8)16(4,5)6/h14H,1,9-11H2,2-8H3/t14-/m0/s1. The Hall–Kier alpha value is -0.503. The first-order chi connectivity index (χ1) is 8.04. The molecule has 0 fully saturated rings. The highest BCUT2D eigenvalue weighted by molar-refractivity contribution is 6.74. The van der Waals surface area contributed by atoms with Gasteiger partial charge >= 0.3 is 0 Å². The van der Waals surface area contributed by atoms with E-state index in [1.807, 2.05) is 0 Å². The molecule has 0 amide bonds. The van der Waals surface area contributed by atoms with E-state index in [1.165, 1.54) is 29.7 Å². The van der Waals surface area contributed by atoms with Crippen molar-refractivity contribution in [2.24, 2.45) is 5.92 Å². The summed E-state index contributed by atoms with van der Waals surface area (Å²) >= 11 is 0. The second kappa shape index (κ2) is 5.24. The Morgan fingerprint density at radius 2 is 1.89 bits per heavy atom. The quantitative estimate of drug-likeness (QED) is 0.473. The first kappa shape index (κ1) is 15.6. The van der Waals surface area contributed by atoms with E-state index in [9.17, 15) is 0 Å². The maximum absolute atomic E-state index is 6.51. The third-order valence-electron chi connectivity index (χ3n) is 4.66. The van der Waals surface area contributed by atoms with Gasteiger partial charge in [0, 0.05) is 6.42 Å². The summed E-state index contributed by atoms with van der Waals surface area (Å²) in [4.78, 5) is 0. The van der Waals surface area contributed by atoms with Crippen LogP contribution in [0.15, 0.2) is 23.5 Å². The molecule has 0 saturated heterocycles. The van der Waals surface area contributed by atoms with E-state index in [4.69, 9.17) is 4.43 Å². The van der Waals surface area contributed by atoms with Crippen LogP contribution in [0.3, 0.4) is 0 Å². The molecule has 0 aromatic rings. The first-order valence-electron chi connectivity index (χ1n) is 7.07. The van der Waals surface area contributed by atoms with E-state index >= 15 is 0 Å². The monoisotopic (exact) mass is 266 g/mol. The lowest BCUT2D eigenvalue weighted by molar-refractivity contribution is 0.320. The molecule has 0 aromatic heterocycles. The lowest BCUT2D eigenvalue weighted by Crippen LogP contribution is -2.41. The smallest absolute Gasteiger partial charge is 0.250 e. The van der Waals surface area contributed by atoms with Gasteiger partial charge in [0.1, 0.15) is 0 Å². The Balaban J connectivity index is 2.86. The van der Waals surface area contributed by atoms with Crippen LogP contribution < -0.4 is 0 Å². The van der Waals surface area contributed by atoms with Crippen LogP contribution in [0.1, 0.15) is 53.9 Å². The zero-order chi connectivity index (χ0) is 14.1. The van der Waals surface area contributed by atoms with Crippen molar-refractivity contribution in [1.82, 2.24) is 0 Å². The average Bonchev–Trinajstić information content (AvgIpc) is 2.18. The minimum absolute atomic E-state index is 0.274. The molecule has 0 aliphatic heterocycles. The Kier molecular flexibility index (Phi) is 4.53. The Morgan fingerprint density at radius 1 is 1.33 bits per heavy atom. The molecule has 104 valence electrons.